The van der Waals surface area contributed by atoms with Crippen LogP contribution in [0.1, 0.15) is 25.7 Å². The van der Waals surface area contributed by atoms with Crippen LogP contribution in [-0.2, 0) is 4.79 Å². The highest BCUT2D eigenvalue weighted by atomic mass is 16.4. The second kappa shape index (κ2) is 4.52. The van der Waals surface area contributed by atoms with Gasteiger partial charge in [-0.1, -0.05) is 0 Å². The van der Waals surface area contributed by atoms with E-state index in [1.807, 2.05) is 0 Å². The van der Waals surface area contributed by atoms with Crippen LogP contribution in [-0.4, -0.2) is 63.8 Å². The van der Waals surface area contributed by atoms with E-state index in [1.165, 1.54) is 4.90 Å². The molecular formula is C11H18N2O4. The molecule has 96 valence electrons. The van der Waals surface area contributed by atoms with Crippen molar-refractivity contribution in [3.8, 4) is 0 Å². The first-order chi connectivity index (χ1) is 8.00. The number of carbonyl (C=O) groups is 2. The molecule has 17 heavy (non-hydrogen) atoms. The Kier molecular flexibility index (Phi) is 3.24. The SMILES string of the molecule is CN(C(=O)N1CC(O)C[C@H]1C(=O)O)C1CCC1. The Hall–Kier alpha value is -1.30. The fourth-order valence-electron chi connectivity index (χ4n) is 2.39. The zero-order chi connectivity index (χ0) is 12.6. The van der Waals surface area contributed by atoms with Crippen LogP contribution in [0.4, 0.5) is 4.79 Å². The molecule has 2 rings (SSSR count). The summed E-state index contributed by atoms with van der Waals surface area (Å²) in [5, 5.41) is 18.5. The van der Waals surface area contributed by atoms with Crippen molar-refractivity contribution in [2.24, 2.45) is 0 Å². The summed E-state index contributed by atoms with van der Waals surface area (Å²) in [7, 11) is 1.70. The predicted molar refractivity (Wildman–Crippen MR) is 59.6 cm³/mol. The number of aliphatic carboxylic acids is 1. The number of urea groups is 1. The van der Waals surface area contributed by atoms with Gasteiger partial charge in [-0.2, -0.15) is 0 Å². The third kappa shape index (κ3) is 2.22. The molecule has 1 saturated carbocycles. The summed E-state index contributed by atoms with van der Waals surface area (Å²) in [4.78, 5) is 26.0. The van der Waals surface area contributed by atoms with Crippen molar-refractivity contribution in [1.82, 2.24) is 9.80 Å². The van der Waals surface area contributed by atoms with Crippen molar-refractivity contribution in [3.05, 3.63) is 0 Å². The summed E-state index contributed by atoms with van der Waals surface area (Å²) in [6.45, 7) is 0.118. The molecule has 0 aromatic heterocycles. The Bertz CT molecular complexity index is 329. The molecule has 0 spiro atoms. The van der Waals surface area contributed by atoms with Gasteiger partial charge in [-0.15, -0.1) is 0 Å². The number of hydrogen-bond donors (Lipinski definition) is 2. The van der Waals surface area contributed by atoms with Crippen molar-refractivity contribution < 1.29 is 19.8 Å². The molecule has 2 amide bonds. The number of carboxylic acid groups (broad SMARTS) is 1. The van der Waals surface area contributed by atoms with Gasteiger partial charge in [0.2, 0.25) is 0 Å². The average molecular weight is 242 g/mol. The standard InChI is InChI=1S/C11H18N2O4/c1-12(7-3-2-4-7)11(17)13-6-8(14)5-9(13)10(15)16/h7-9,14H,2-6H2,1H3,(H,15,16)/t8?,9-/m0/s1. The average Bonchev–Trinajstić information content (AvgIpc) is 2.56. The van der Waals surface area contributed by atoms with E-state index in [9.17, 15) is 14.7 Å². The molecule has 1 saturated heterocycles. The minimum absolute atomic E-state index is 0.118. The molecule has 6 heteroatoms. The molecule has 0 radical (unpaired) electrons. The summed E-state index contributed by atoms with van der Waals surface area (Å²) < 4.78 is 0. The number of likely N-dealkylation sites (tertiary alicyclic amines) is 1. The first kappa shape index (κ1) is 12.2. The van der Waals surface area contributed by atoms with E-state index in [2.05, 4.69) is 0 Å². The zero-order valence-corrected chi connectivity index (χ0v) is 9.87. The zero-order valence-electron chi connectivity index (χ0n) is 9.87. The quantitative estimate of drug-likeness (QED) is 0.720. The maximum Gasteiger partial charge on any atom is 0.326 e. The highest BCUT2D eigenvalue weighted by Crippen LogP contribution is 2.27. The number of amides is 2. The number of nitrogens with zero attached hydrogens (tertiary/aromatic N) is 2. The van der Waals surface area contributed by atoms with Crippen molar-refractivity contribution in [3.63, 3.8) is 0 Å². The molecule has 2 aliphatic rings. The predicted octanol–water partition coefficient (Wildman–Crippen LogP) is 0.110. The lowest BCUT2D eigenvalue weighted by molar-refractivity contribution is -0.141. The monoisotopic (exact) mass is 242 g/mol. The second-order valence-corrected chi connectivity index (χ2v) is 4.87. The summed E-state index contributed by atoms with van der Waals surface area (Å²) in [5.74, 6) is -1.04. The van der Waals surface area contributed by atoms with Gasteiger partial charge in [-0.3, -0.25) is 0 Å². The van der Waals surface area contributed by atoms with Crippen LogP contribution in [0.15, 0.2) is 0 Å². The van der Waals surface area contributed by atoms with E-state index in [-0.39, 0.29) is 25.0 Å². The number of rotatable bonds is 2. The third-order valence-electron chi connectivity index (χ3n) is 3.73. The highest BCUT2D eigenvalue weighted by molar-refractivity contribution is 5.83. The minimum atomic E-state index is -1.04. The van der Waals surface area contributed by atoms with Gasteiger partial charge in [0.25, 0.3) is 0 Å². The van der Waals surface area contributed by atoms with E-state index in [0.29, 0.717) is 0 Å². The summed E-state index contributed by atoms with van der Waals surface area (Å²) in [6.07, 6.45) is 2.48. The van der Waals surface area contributed by atoms with Crippen LogP contribution < -0.4 is 0 Å². The molecule has 1 aliphatic carbocycles. The van der Waals surface area contributed by atoms with Gasteiger partial charge < -0.3 is 20.0 Å². The number of β-amino-alcohol motifs (C(OH)–C–C–N with tert-alkyl or cyclic N) is 1. The van der Waals surface area contributed by atoms with Crippen LogP contribution in [0.2, 0.25) is 0 Å². The molecule has 1 unspecified atom stereocenters. The van der Waals surface area contributed by atoms with Gasteiger partial charge in [0, 0.05) is 26.1 Å². The van der Waals surface area contributed by atoms with Gasteiger partial charge in [-0.25, -0.2) is 9.59 Å². The first-order valence-electron chi connectivity index (χ1n) is 5.95. The molecule has 2 N–H and O–H groups in total. The Labute approximate surface area is 99.8 Å². The molecule has 0 aromatic rings. The van der Waals surface area contributed by atoms with Crippen LogP contribution in [0.5, 0.6) is 0 Å². The molecule has 0 aromatic carbocycles. The van der Waals surface area contributed by atoms with Crippen molar-refractivity contribution in [1.29, 1.82) is 0 Å². The Morgan fingerprint density at radius 2 is 2.00 bits per heavy atom. The fourth-order valence-corrected chi connectivity index (χ4v) is 2.39. The van der Waals surface area contributed by atoms with E-state index >= 15 is 0 Å². The number of carboxylic acids is 1. The van der Waals surface area contributed by atoms with Gasteiger partial charge in [-0.05, 0) is 19.3 Å². The highest BCUT2D eigenvalue weighted by Gasteiger charge is 2.41. The third-order valence-corrected chi connectivity index (χ3v) is 3.73. The smallest absolute Gasteiger partial charge is 0.326 e. The largest absolute Gasteiger partial charge is 0.480 e. The first-order valence-corrected chi connectivity index (χ1v) is 5.95. The molecule has 0 bridgehead atoms. The van der Waals surface area contributed by atoms with Gasteiger partial charge >= 0.3 is 12.0 Å². The van der Waals surface area contributed by atoms with E-state index in [0.717, 1.165) is 19.3 Å². The molecular weight excluding hydrogens is 224 g/mol. The van der Waals surface area contributed by atoms with Crippen LogP contribution in [0.25, 0.3) is 0 Å². The Morgan fingerprint density at radius 1 is 1.35 bits per heavy atom. The van der Waals surface area contributed by atoms with Crippen molar-refractivity contribution in [2.75, 3.05) is 13.6 Å². The number of hydrogen-bond acceptors (Lipinski definition) is 3. The van der Waals surface area contributed by atoms with Crippen molar-refractivity contribution >= 4 is 12.0 Å². The summed E-state index contributed by atoms with van der Waals surface area (Å²) >= 11 is 0. The van der Waals surface area contributed by atoms with Gasteiger partial charge in [0.05, 0.1) is 6.10 Å². The fraction of sp³-hybridized carbons (Fsp3) is 0.818. The Morgan fingerprint density at radius 3 is 2.47 bits per heavy atom. The van der Waals surface area contributed by atoms with E-state index in [1.54, 1.807) is 11.9 Å². The topological polar surface area (TPSA) is 81.1 Å². The van der Waals surface area contributed by atoms with Crippen LogP contribution >= 0.6 is 0 Å². The Balaban J connectivity index is 2.04. The molecule has 1 heterocycles. The lowest BCUT2D eigenvalue weighted by Gasteiger charge is -2.37. The van der Waals surface area contributed by atoms with E-state index < -0.39 is 18.1 Å². The number of aliphatic hydroxyl groups excluding tert-OH is 1. The van der Waals surface area contributed by atoms with Gasteiger partial charge in [0.1, 0.15) is 6.04 Å². The van der Waals surface area contributed by atoms with E-state index in [4.69, 9.17) is 5.11 Å². The minimum Gasteiger partial charge on any atom is -0.480 e. The second-order valence-electron chi connectivity index (χ2n) is 4.87. The van der Waals surface area contributed by atoms with Crippen LogP contribution in [0.3, 0.4) is 0 Å². The lowest BCUT2D eigenvalue weighted by atomic mass is 9.92. The molecule has 2 fully saturated rings. The lowest BCUT2D eigenvalue weighted by Crippen LogP contribution is -2.51. The number of aliphatic hydroxyl groups is 1. The van der Waals surface area contributed by atoms with Crippen molar-refractivity contribution in [2.45, 2.75) is 43.9 Å². The number of carbonyl (C=O) groups excluding carboxylic acids is 1. The summed E-state index contributed by atoms with van der Waals surface area (Å²) in [6, 6.07) is -0.937. The maximum atomic E-state index is 12.1. The summed E-state index contributed by atoms with van der Waals surface area (Å²) in [5.41, 5.74) is 0. The molecule has 6 nitrogen and oxygen atoms in total. The molecule has 2 atom stereocenters. The maximum absolute atomic E-state index is 12.1. The normalized spacial score (nSPS) is 28.9. The molecule has 1 aliphatic heterocycles. The van der Waals surface area contributed by atoms with Crippen LogP contribution in [0, 0.1) is 0 Å². The van der Waals surface area contributed by atoms with Gasteiger partial charge in [0.15, 0.2) is 0 Å².